The predicted molar refractivity (Wildman–Crippen MR) is 87.0 cm³/mol. The van der Waals surface area contributed by atoms with Crippen LogP contribution in [0.25, 0.3) is 10.8 Å². The van der Waals surface area contributed by atoms with Gasteiger partial charge in [0.1, 0.15) is 5.60 Å². The van der Waals surface area contributed by atoms with E-state index in [9.17, 15) is 4.79 Å². The summed E-state index contributed by atoms with van der Waals surface area (Å²) in [6.07, 6.45) is 3.41. The first-order valence-electron chi connectivity index (χ1n) is 7.49. The van der Waals surface area contributed by atoms with Crippen LogP contribution < -0.4 is 5.32 Å². The number of hydrogen-bond acceptors (Lipinski definition) is 4. The molecule has 0 radical (unpaired) electrons. The van der Waals surface area contributed by atoms with Gasteiger partial charge in [-0.2, -0.15) is 0 Å². The number of hydrogen-bond donors (Lipinski definition) is 1. The lowest BCUT2D eigenvalue weighted by atomic mass is 10.1. The van der Waals surface area contributed by atoms with E-state index < -0.39 is 5.60 Å². The largest absolute Gasteiger partial charge is 0.444 e. The van der Waals surface area contributed by atoms with Crippen molar-refractivity contribution in [1.29, 1.82) is 0 Å². The number of fused-ring (bicyclic) bond motifs is 1. The van der Waals surface area contributed by atoms with Crippen LogP contribution in [-0.2, 0) is 4.74 Å². The molecular formula is C17H21N3O2. The molecule has 0 atom stereocenters. The number of rotatable bonds is 2. The number of carbonyl (C=O) groups is 1. The minimum atomic E-state index is -0.446. The van der Waals surface area contributed by atoms with Gasteiger partial charge in [0.05, 0.1) is 6.04 Å². The van der Waals surface area contributed by atoms with E-state index >= 15 is 0 Å². The van der Waals surface area contributed by atoms with Crippen LogP contribution in [0.5, 0.6) is 0 Å². The van der Waals surface area contributed by atoms with E-state index in [4.69, 9.17) is 4.74 Å². The number of aromatic nitrogens is 1. The highest BCUT2D eigenvalue weighted by atomic mass is 16.6. The van der Waals surface area contributed by atoms with Gasteiger partial charge in [-0.25, -0.2) is 4.79 Å². The molecule has 5 nitrogen and oxygen atoms in total. The fourth-order valence-electron chi connectivity index (χ4n) is 2.51. The molecule has 1 aliphatic rings. The summed E-state index contributed by atoms with van der Waals surface area (Å²) >= 11 is 0. The fourth-order valence-corrected chi connectivity index (χ4v) is 2.51. The maximum absolute atomic E-state index is 11.9. The van der Waals surface area contributed by atoms with Crippen LogP contribution in [0.3, 0.4) is 0 Å². The summed E-state index contributed by atoms with van der Waals surface area (Å²) < 4.78 is 5.36. The monoisotopic (exact) mass is 299 g/mol. The minimum Gasteiger partial charge on any atom is -0.444 e. The average Bonchev–Trinajstić information content (AvgIpc) is 2.40. The average molecular weight is 299 g/mol. The summed E-state index contributed by atoms with van der Waals surface area (Å²) in [5.41, 5.74) is 0.631. The number of anilines is 1. The van der Waals surface area contributed by atoms with Crippen molar-refractivity contribution in [3.05, 3.63) is 36.7 Å². The SMILES string of the molecule is CC(C)(C)OC(=O)N1CC(Nc2cccc3cnccc23)C1. The van der Waals surface area contributed by atoms with Gasteiger partial charge in [-0.3, -0.25) is 4.98 Å². The molecule has 0 aliphatic carbocycles. The van der Waals surface area contributed by atoms with Crippen molar-refractivity contribution < 1.29 is 9.53 Å². The Kier molecular flexibility index (Phi) is 3.64. The standard InChI is InChI=1S/C17H21N3O2/c1-17(2,3)22-16(21)20-10-13(11-20)19-15-6-4-5-12-9-18-8-7-14(12)15/h4-9,13,19H,10-11H2,1-3H3. The van der Waals surface area contributed by atoms with Crippen LogP contribution >= 0.6 is 0 Å². The van der Waals surface area contributed by atoms with Gasteiger partial charge < -0.3 is 15.0 Å². The fraction of sp³-hybridized carbons (Fsp3) is 0.412. The highest BCUT2D eigenvalue weighted by Crippen LogP contribution is 2.25. The van der Waals surface area contributed by atoms with Crippen molar-refractivity contribution in [2.75, 3.05) is 18.4 Å². The van der Waals surface area contributed by atoms with Crippen LogP contribution in [0.15, 0.2) is 36.7 Å². The number of amides is 1. The Morgan fingerprint density at radius 2 is 2.09 bits per heavy atom. The van der Waals surface area contributed by atoms with Gasteiger partial charge in [0, 0.05) is 41.9 Å². The molecule has 3 rings (SSSR count). The van der Waals surface area contributed by atoms with Gasteiger partial charge in [0.15, 0.2) is 0 Å². The van der Waals surface area contributed by atoms with E-state index in [1.165, 1.54) is 0 Å². The van der Waals surface area contributed by atoms with Gasteiger partial charge in [-0.05, 0) is 32.9 Å². The number of benzene rings is 1. The number of carbonyl (C=O) groups excluding carboxylic acids is 1. The molecule has 116 valence electrons. The lowest BCUT2D eigenvalue weighted by Gasteiger charge is -2.40. The summed E-state index contributed by atoms with van der Waals surface area (Å²) in [5, 5.41) is 5.75. The van der Waals surface area contributed by atoms with E-state index in [0.717, 1.165) is 16.5 Å². The van der Waals surface area contributed by atoms with E-state index in [1.807, 2.05) is 45.2 Å². The molecule has 1 N–H and O–H groups in total. The maximum Gasteiger partial charge on any atom is 0.410 e. The third kappa shape index (κ3) is 3.13. The number of likely N-dealkylation sites (tertiary alicyclic amines) is 1. The Hall–Kier alpha value is -2.30. The Bertz CT molecular complexity index is 682. The van der Waals surface area contributed by atoms with Crippen LogP contribution in [0, 0.1) is 0 Å². The summed E-state index contributed by atoms with van der Waals surface area (Å²) in [7, 11) is 0. The smallest absolute Gasteiger partial charge is 0.410 e. The van der Waals surface area contributed by atoms with Crippen molar-refractivity contribution in [1.82, 2.24) is 9.88 Å². The van der Waals surface area contributed by atoms with E-state index in [-0.39, 0.29) is 12.1 Å². The van der Waals surface area contributed by atoms with Crippen LogP contribution in [0.4, 0.5) is 10.5 Å². The minimum absolute atomic E-state index is 0.243. The van der Waals surface area contributed by atoms with Crippen molar-refractivity contribution in [2.45, 2.75) is 32.4 Å². The molecule has 1 aliphatic heterocycles. The van der Waals surface area contributed by atoms with Gasteiger partial charge in [-0.1, -0.05) is 12.1 Å². The second-order valence-corrected chi connectivity index (χ2v) is 6.63. The second kappa shape index (κ2) is 5.48. The molecule has 2 aromatic rings. The van der Waals surface area contributed by atoms with Crippen molar-refractivity contribution in [3.8, 4) is 0 Å². The quantitative estimate of drug-likeness (QED) is 0.924. The molecule has 1 saturated heterocycles. The lowest BCUT2D eigenvalue weighted by Crippen LogP contribution is -2.57. The normalized spacial score (nSPS) is 15.5. The predicted octanol–water partition coefficient (Wildman–Crippen LogP) is 3.27. The van der Waals surface area contributed by atoms with Crippen LogP contribution in [0.2, 0.25) is 0 Å². The number of pyridine rings is 1. The zero-order chi connectivity index (χ0) is 15.7. The molecule has 1 aromatic heterocycles. The zero-order valence-corrected chi connectivity index (χ0v) is 13.2. The van der Waals surface area contributed by atoms with Crippen molar-refractivity contribution >= 4 is 22.6 Å². The Morgan fingerprint density at radius 3 is 2.82 bits per heavy atom. The van der Waals surface area contributed by atoms with E-state index in [1.54, 1.807) is 11.1 Å². The zero-order valence-electron chi connectivity index (χ0n) is 13.2. The topological polar surface area (TPSA) is 54.5 Å². The first kappa shape index (κ1) is 14.6. The number of nitrogens with one attached hydrogen (secondary N) is 1. The molecule has 0 saturated carbocycles. The van der Waals surface area contributed by atoms with E-state index in [2.05, 4.69) is 16.4 Å². The summed E-state index contributed by atoms with van der Waals surface area (Å²) in [4.78, 5) is 17.8. The Balaban J connectivity index is 1.61. The van der Waals surface area contributed by atoms with Gasteiger partial charge in [0.2, 0.25) is 0 Å². The molecular weight excluding hydrogens is 278 g/mol. The lowest BCUT2D eigenvalue weighted by molar-refractivity contribution is 0.0105. The molecule has 0 bridgehead atoms. The summed E-state index contributed by atoms with van der Waals surface area (Å²) in [6.45, 7) is 6.96. The molecule has 5 heteroatoms. The van der Waals surface area contributed by atoms with Crippen LogP contribution in [-0.4, -0.2) is 40.7 Å². The van der Waals surface area contributed by atoms with Gasteiger partial charge in [-0.15, -0.1) is 0 Å². The Labute approximate surface area is 130 Å². The summed E-state index contributed by atoms with van der Waals surface area (Å²) in [6, 6.07) is 8.37. The highest BCUT2D eigenvalue weighted by Gasteiger charge is 2.33. The molecule has 0 spiro atoms. The van der Waals surface area contributed by atoms with Gasteiger partial charge >= 0.3 is 6.09 Å². The first-order chi connectivity index (χ1) is 10.4. The number of nitrogens with zero attached hydrogens (tertiary/aromatic N) is 2. The van der Waals surface area contributed by atoms with Crippen molar-refractivity contribution in [2.24, 2.45) is 0 Å². The number of ether oxygens (including phenoxy) is 1. The molecule has 1 aromatic carbocycles. The van der Waals surface area contributed by atoms with Crippen LogP contribution in [0.1, 0.15) is 20.8 Å². The van der Waals surface area contributed by atoms with E-state index in [0.29, 0.717) is 13.1 Å². The Morgan fingerprint density at radius 1 is 1.32 bits per heavy atom. The van der Waals surface area contributed by atoms with Crippen molar-refractivity contribution in [3.63, 3.8) is 0 Å². The molecule has 1 amide bonds. The molecule has 22 heavy (non-hydrogen) atoms. The molecule has 1 fully saturated rings. The summed E-state index contributed by atoms with van der Waals surface area (Å²) in [5.74, 6) is 0. The second-order valence-electron chi connectivity index (χ2n) is 6.63. The van der Waals surface area contributed by atoms with Gasteiger partial charge in [0.25, 0.3) is 0 Å². The third-order valence-electron chi connectivity index (χ3n) is 3.57. The first-order valence-corrected chi connectivity index (χ1v) is 7.49. The maximum atomic E-state index is 11.9. The molecule has 2 heterocycles. The highest BCUT2D eigenvalue weighted by molar-refractivity contribution is 5.93. The third-order valence-corrected chi connectivity index (χ3v) is 3.57. The molecule has 0 unspecified atom stereocenters.